The van der Waals surface area contributed by atoms with Crippen LogP contribution in [0.5, 0.6) is 0 Å². The highest BCUT2D eigenvalue weighted by molar-refractivity contribution is 7.89. The molecule has 2 aromatic rings. The first-order valence-corrected chi connectivity index (χ1v) is 8.46. The maximum atomic E-state index is 12.8. The molecule has 0 bridgehead atoms. The van der Waals surface area contributed by atoms with E-state index in [4.69, 9.17) is 0 Å². The van der Waals surface area contributed by atoms with E-state index in [9.17, 15) is 8.42 Å². The fraction of sp³-hybridized carbons (Fsp3) is 0.467. The molecule has 1 heterocycles. The molecule has 21 heavy (non-hydrogen) atoms. The average molecular weight is 307 g/mol. The Bertz CT molecular complexity index is 729. The second-order valence-corrected chi connectivity index (χ2v) is 7.57. The van der Waals surface area contributed by atoms with Crippen LogP contribution < -0.4 is 0 Å². The van der Waals surface area contributed by atoms with Crippen molar-refractivity contribution in [2.75, 3.05) is 0 Å². The normalized spacial score (nSPS) is 12.3. The van der Waals surface area contributed by atoms with Crippen molar-refractivity contribution in [2.24, 2.45) is 0 Å². The third kappa shape index (κ3) is 3.00. The first-order chi connectivity index (χ1) is 9.73. The number of rotatable bonds is 4. The van der Waals surface area contributed by atoms with Gasteiger partial charge in [0.15, 0.2) is 5.82 Å². The van der Waals surface area contributed by atoms with Crippen molar-refractivity contribution in [2.45, 2.75) is 51.3 Å². The maximum absolute atomic E-state index is 12.8. The largest absolute Gasteiger partial charge is 0.284 e. The van der Waals surface area contributed by atoms with Gasteiger partial charge in [0.25, 0.3) is 10.0 Å². The SMILES string of the molecule is Cc1ccc(S(=O)(=O)n2nc(C(C)C)nc2C(C)C)cc1. The minimum atomic E-state index is -3.70. The Morgan fingerprint density at radius 2 is 1.57 bits per heavy atom. The molecule has 0 fully saturated rings. The minimum Gasteiger partial charge on any atom is -0.215 e. The molecule has 0 spiro atoms. The van der Waals surface area contributed by atoms with Crippen LogP contribution in [-0.4, -0.2) is 22.6 Å². The summed E-state index contributed by atoms with van der Waals surface area (Å²) < 4.78 is 26.6. The van der Waals surface area contributed by atoms with Gasteiger partial charge in [-0.25, -0.2) is 4.98 Å². The van der Waals surface area contributed by atoms with Crippen molar-refractivity contribution in [1.29, 1.82) is 0 Å². The van der Waals surface area contributed by atoms with E-state index in [1.165, 1.54) is 0 Å². The summed E-state index contributed by atoms with van der Waals surface area (Å²) in [7, 11) is -3.70. The van der Waals surface area contributed by atoms with Gasteiger partial charge in [-0.15, -0.1) is 9.19 Å². The molecule has 1 aromatic carbocycles. The van der Waals surface area contributed by atoms with Crippen molar-refractivity contribution < 1.29 is 8.42 Å². The van der Waals surface area contributed by atoms with Crippen molar-refractivity contribution in [3.63, 3.8) is 0 Å². The van der Waals surface area contributed by atoms with Crippen LogP contribution in [0.15, 0.2) is 29.2 Å². The van der Waals surface area contributed by atoms with Gasteiger partial charge in [0.1, 0.15) is 5.82 Å². The van der Waals surface area contributed by atoms with Crippen LogP contribution in [0.2, 0.25) is 0 Å². The van der Waals surface area contributed by atoms with Crippen LogP contribution in [0.25, 0.3) is 0 Å². The third-order valence-electron chi connectivity index (χ3n) is 3.20. The first-order valence-electron chi connectivity index (χ1n) is 7.02. The molecule has 1 aromatic heterocycles. The number of hydrogen-bond donors (Lipinski definition) is 0. The van der Waals surface area contributed by atoms with Crippen LogP contribution in [0.3, 0.4) is 0 Å². The predicted octanol–water partition coefficient (Wildman–Crippen LogP) is 3.07. The lowest BCUT2D eigenvalue weighted by Crippen LogP contribution is -2.18. The summed E-state index contributed by atoms with van der Waals surface area (Å²) in [4.78, 5) is 4.62. The van der Waals surface area contributed by atoms with Gasteiger partial charge in [-0.05, 0) is 19.1 Å². The molecule has 0 radical (unpaired) electrons. The van der Waals surface area contributed by atoms with E-state index in [1.807, 2.05) is 34.6 Å². The molecule has 0 saturated carbocycles. The molecule has 0 saturated heterocycles. The van der Waals surface area contributed by atoms with E-state index in [0.717, 1.165) is 9.65 Å². The Morgan fingerprint density at radius 3 is 2.05 bits per heavy atom. The fourth-order valence-corrected chi connectivity index (χ4v) is 3.28. The van der Waals surface area contributed by atoms with E-state index in [1.54, 1.807) is 24.3 Å². The summed E-state index contributed by atoms with van der Waals surface area (Å²) in [6.07, 6.45) is 0. The maximum Gasteiger partial charge on any atom is 0.284 e. The molecule has 0 N–H and O–H groups in total. The van der Waals surface area contributed by atoms with Crippen molar-refractivity contribution in [3.8, 4) is 0 Å². The number of aryl methyl sites for hydroxylation is 1. The Labute approximate surface area is 126 Å². The highest BCUT2D eigenvalue weighted by Gasteiger charge is 2.25. The third-order valence-corrected chi connectivity index (χ3v) is 4.79. The second kappa shape index (κ2) is 5.60. The highest BCUT2D eigenvalue weighted by atomic mass is 32.2. The fourth-order valence-electron chi connectivity index (χ4n) is 1.91. The summed E-state index contributed by atoms with van der Waals surface area (Å²) in [5, 5.41) is 4.22. The Hall–Kier alpha value is -1.69. The van der Waals surface area contributed by atoms with Gasteiger partial charge in [-0.3, -0.25) is 0 Å². The number of nitrogens with zero attached hydrogens (tertiary/aromatic N) is 3. The zero-order valence-corrected chi connectivity index (χ0v) is 13.8. The summed E-state index contributed by atoms with van der Waals surface area (Å²) >= 11 is 0. The van der Waals surface area contributed by atoms with E-state index in [0.29, 0.717) is 11.6 Å². The Balaban J connectivity index is 2.61. The smallest absolute Gasteiger partial charge is 0.215 e. The summed E-state index contributed by atoms with van der Waals surface area (Å²) in [5.74, 6) is 1.08. The van der Waals surface area contributed by atoms with Crippen LogP contribution in [0.4, 0.5) is 0 Å². The van der Waals surface area contributed by atoms with Gasteiger partial charge in [-0.1, -0.05) is 45.4 Å². The van der Waals surface area contributed by atoms with Crippen molar-refractivity contribution in [3.05, 3.63) is 41.5 Å². The lowest BCUT2D eigenvalue weighted by atomic mass is 10.2. The number of benzene rings is 1. The molecule has 0 aliphatic heterocycles. The molecule has 0 atom stereocenters. The molecule has 5 nitrogen and oxygen atoms in total. The highest BCUT2D eigenvalue weighted by Crippen LogP contribution is 2.22. The minimum absolute atomic E-state index is 0.0229. The van der Waals surface area contributed by atoms with Crippen LogP contribution in [0, 0.1) is 6.92 Å². The molecule has 114 valence electrons. The van der Waals surface area contributed by atoms with Gasteiger partial charge >= 0.3 is 0 Å². The lowest BCUT2D eigenvalue weighted by Gasteiger charge is -2.09. The first kappa shape index (κ1) is 15.7. The van der Waals surface area contributed by atoms with Crippen LogP contribution in [0.1, 0.15) is 56.7 Å². The summed E-state index contributed by atoms with van der Waals surface area (Å²) in [6, 6.07) is 6.77. The predicted molar refractivity (Wildman–Crippen MR) is 82.0 cm³/mol. The quantitative estimate of drug-likeness (QED) is 0.870. The van der Waals surface area contributed by atoms with E-state index >= 15 is 0 Å². The monoisotopic (exact) mass is 307 g/mol. The van der Waals surface area contributed by atoms with Gasteiger partial charge in [0.2, 0.25) is 0 Å². The van der Waals surface area contributed by atoms with Crippen LogP contribution >= 0.6 is 0 Å². The van der Waals surface area contributed by atoms with Gasteiger partial charge in [0, 0.05) is 11.8 Å². The zero-order valence-electron chi connectivity index (χ0n) is 13.0. The molecule has 0 unspecified atom stereocenters. The summed E-state index contributed by atoms with van der Waals surface area (Å²) in [5.41, 5.74) is 1.01. The molecule has 0 amide bonds. The number of aromatic nitrogens is 3. The summed E-state index contributed by atoms with van der Waals surface area (Å²) in [6.45, 7) is 9.64. The molecular weight excluding hydrogens is 286 g/mol. The van der Waals surface area contributed by atoms with Gasteiger partial charge < -0.3 is 0 Å². The van der Waals surface area contributed by atoms with Gasteiger partial charge in [-0.2, -0.15) is 8.42 Å². The van der Waals surface area contributed by atoms with Crippen molar-refractivity contribution in [1.82, 2.24) is 14.2 Å². The van der Waals surface area contributed by atoms with E-state index < -0.39 is 10.0 Å². The number of hydrogen-bond acceptors (Lipinski definition) is 4. The van der Waals surface area contributed by atoms with Gasteiger partial charge in [0.05, 0.1) is 4.90 Å². The molecule has 0 aliphatic carbocycles. The van der Waals surface area contributed by atoms with Crippen molar-refractivity contribution >= 4 is 10.0 Å². The lowest BCUT2D eigenvalue weighted by molar-refractivity contribution is 0.571. The molecule has 6 heteroatoms. The second-order valence-electron chi connectivity index (χ2n) is 5.80. The molecular formula is C15H21N3O2S. The van der Waals surface area contributed by atoms with E-state index in [-0.39, 0.29) is 16.7 Å². The average Bonchev–Trinajstić information content (AvgIpc) is 2.85. The standard InChI is InChI=1S/C15H21N3O2S/c1-10(2)14-16-15(11(3)4)18(17-14)21(19,20)13-8-6-12(5)7-9-13/h6-11H,1-5H3. The zero-order chi connectivity index (χ0) is 15.8. The van der Waals surface area contributed by atoms with Crippen LogP contribution in [-0.2, 0) is 10.0 Å². The Morgan fingerprint density at radius 1 is 1.00 bits per heavy atom. The molecule has 0 aliphatic rings. The Kier molecular flexibility index (Phi) is 4.18. The molecule has 2 rings (SSSR count). The topological polar surface area (TPSA) is 64.8 Å². The van der Waals surface area contributed by atoms with E-state index in [2.05, 4.69) is 10.1 Å².